The van der Waals surface area contributed by atoms with Crippen molar-refractivity contribution in [3.05, 3.63) is 29.6 Å². The second-order valence-corrected chi connectivity index (χ2v) is 6.17. The van der Waals surface area contributed by atoms with Crippen molar-refractivity contribution in [3.8, 4) is 0 Å². The molecule has 1 heterocycles. The molecule has 1 N–H and O–H groups in total. The first kappa shape index (κ1) is 16.3. The van der Waals surface area contributed by atoms with Gasteiger partial charge in [0.15, 0.2) is 0 Å². The first-order valence-corrected chi connectivity index (χ1v) is 8.44. The van der Waals surface area contributed by atoms with E-state index in [2.05, 4.69) is 37.1 Å². The molecule has 1 fully saturated rings. The fourth-order valence-corrected chi connectivity index (χ4v) is 3.51. The predicted molar refractivity (Wildman–Crippen MR) is 88.3 cm³/mol. The van der Waals surface area contributed by atoms with Crippen LogP contribution >= 0.6 is 0 Å². The molecule has 0 amide bonds. The summed E-state index contributed by atoms with van der Waals surface area (Å²) >= 11 is 0. The van der Waals surface area contributed by atoms with Crippen molar-refractivity contribution < 1.29 is 4.39 Å². The lowest BCUT2D eigenvalue weighted by molar-refractivity contribution is 0.377. The van der Waals surface area contributed by atoms with Gasteiger partial charge in [-0.05, 0) is 44.4 Å². The SMILES string of the molecule is CCCC1CCN(c2cccc(F)c2C(C)NCC)CC1. The third-order valence-electron chi connectivity index (χ3n) is 4.63. The van der Waals surface area contributed by atoms with Crippen molar-refractivity contribution in [3.63, 3.8) is 0 Å². The van der Waals surface area contributed by atoms with Gasteiger partial charge in [-0.25, -0.2) is 4.39 Å². The van der Waals surface area contributed by atoms with Crippen LogP contribution in [0, 0.1) is 11.7 Å². The summed E-state index contributed by atoms with van der Waals surface area (Å²) in [4.78, 5) is 2.37. The van der Waals surface area contributed by atoms with E-state index < -0.39 is 0 Å². The lowest BCUT2D eigenvalue weighted by atomic mass is 9.91. The van der Waals surface area contributed by atoms with E-state index in [0.717, 1.165) is 36.8 Å². The van der Waals surface area contributed by atoms with Crippen LogP contribution in [0.2, 0.25) is 0 Å². The van der Waals surface area contributed by atoms with E-state index in [0.29, 0.717) is 0 Å². The van der Waals surface area contributed by atoms with Crippen LogP contribution < -0.4 is 10.2 Å². The van der Waals surface area contributed by atoms with E-state index in [1.165, 1.54) is 25.7 Å². The maximum Gasteiger partial charge on any atom is 0.130 e. The number of nitrogens with zero attached hydrogens (tertiary/aromatic N) is 1. The highest BCUT2D eigenvalue weighted by Crippen LogP contribution is 2.32. The summed E-state index contributed by atoms with van der Waals surface area (Å²) in [7, 11) is 0. The average molecular weight is 292 g/mol. The summed E-state index contributed by atoms with van der Waals surface area (Å²) in [5.41, 5.74) is 1.91. The van der Waals surface area contributed by atoms with Gasteiger partial charge in [-0.3, -0.25) is 0 Å². The molecule has 1 unspecified atom stereocenters. The Kier molecular flexibility index (Phi) is 6.04. The van der Waals surface area contributed by atoms with Gasteiger partial charge in [-0.15, -0.1) is 0 Å². The number of halogens is 1. The molecule has 0 bridgehead atoms. The number of piperidine rings is 1. The van der Waals surface area contributed by atoms with Gasteiger partial charge in [-0.2, -0.15) is 0 Å². The second-order valence-electron chi connectivity index (χ2n) is 6.17. The molecule has 0 aromatic heterocycles. The van der Waals surface area contributed by atoms with Crippen LogP contribution in [0.3, 0.4) is 0 Å². The minimum absolute atomic E-state index is 0.0552. The number of benzene rings is 1. The molecule has 0 spiro atoms. The van der Waals surface area contributed by atoms with Gasteiger partial charge in [0, 0.05) is 30.4 Å². The van der Waals surface area contributed by atoms with Crippen LogP contribution in [0.1, 0.15) is 58.1 Å². The van der Waals surface area contributed by atoms with Gasteiger partial charge in [0.05, 0.1) is 0 Å². The summed E-state index contributed by atoms with van der Waals surface area (Å²) in [6.07, 6.45) is 5.07. The molecule has 1 aliphatic rings. The molecule has 2 nitrogen and oxygen atoms in total. The minimum Gasteiger partial charge on any atom is -0.371 e. The minimum atomic E-state index is -0.0865. The van der Waals surface area contributed by atoms with Crippen LogP contribution in [0.4, 0.5) is 10.1 Å². The maximum atomic E-state index is 14.3. The van der Waals surface area contributed by atoms with Crippen LogP contribution in [0.15, 0.2) is 18.2 Å². The fourth-order valence-electron chi connectivity index (χ4n) is 3.51. The second kappa shape index (κ2) is 7.79. The lowest BCUT2D eigenvalue weighted by Crippen LogP contribution is -2.35. The zero-order valence-electron chi connectivity index (χ0n) is 13.7. The van der Waals surface area contributed by atoms with E-state index in [9.17, 15) is 4.39 Å². The Morgan fingerprint density at radius 2 is 2.00 bits per heavy atom. The molecular weight excluding hydrogens is 263 g/mol. The quantitative estimate of drug-likeness (QED) is 0.829. The van der Waals surface area contributed by atoms with Gasteiger partial charge in [0.2, 0.25) is 0 Å². The van der Waals surface area contributed by atoms with Crippen LogP contribution in [-0.4, -0.2) is 19.6 Å². The van der Waals surface area contributed by atoms with Crippen molar-refractivity contribution in [2.24, 2.45) is 5.92 Å². The van der Waals surface area contributed by atoms with E-state index in [-0.39, 0.29) is 11.9 Å². The molecule has 2 rings (SSSR count). The Morgan fingerprint density at radius 3 is 2.62 bits per heavy atom. The molecule has 3 heteroatoms. The molecule has 0 saturated carbocycles. The molecule has 1 atom stereocenters. The van der Waals surface area contributed by atoms with Gasteiger partial charge < -0.3 is 10.2 Å². The first-order valence-electron chi connectivity index (χ1n) is 8.44. The number of hydrogen-bond donors (Lipinski definition) is 1. The third-order valence-corrected chi connectivity index (χ3v) is 4.63. The normalized spacial score (nSPS) is 18.0. The Morgan fingerprint density at radius 1 is 1.29 bits per heavy atom. The zero-order chi connectivity index (χ0) is 15.2. The largest absolute Gasteiger partial charge is 0.371 e. The summed E-state index contributed by atoms with van der Waals surface area (Å²) in [5, 5.41) is 3.34. The fraction of sp³-hybridized carbons (Fsp3) is 0.667. The summed E-state index contributed by atoms with van der Waals surface area (Å²) in [6.45, 7) is 9.34. The molecule has 21 heavy (non-hydrogen) atoms. The topological polar surface area (TPSA) is 15.3 Å². The van der Waals surface area contributed by atoms with E-state index in [4.69, 9.17) is 0 Å². The van der Waals surface area contributed by atoms with Gasteiger partial charge in [0.1, 0.15) is 5.82 Å². The van der Waals surface area contributed by atoms with Crippen molar-refractivity contribution in [2.45, 2.75) is 52.5 Å². The first-order chi connectivity index (χ1) is 10.2. The van der Waals surface area contributed by atoms with Crippen molar-refractivity contribution in [1.82, 2.24) is 5.32 Å². The lowest BCUT2D eigenvalue weighted by Gasteiger charge is -2.35. The number of anilines is 1. The Labute approximate surface area is 128 Å². The average Bonchev–Trinajstić information content (AvgIpc) is 2.48. The summed E-state index contributed by atoms with van der Waals surface area (Å²) in [5.74, 6) is 0.770. The highest BCUT2D eigenvalue weighted by atomic mass is 19.1. The maximum absolute atomic E-state index is 14.3. The third kappa shape index (κ3) is 3.97. The Bertz CT molecular complexity index is 439. The Hall–Kier alpha value is -1.09. The van der Waals surface area contributed by atoms with Gasteiger partial charge >= 0.3 is 0 Å². The van der Waals surface area contributed by atoms with Crippen molar-refractivity contribution >= 4 is 5.69 Å². The number of hydrogen-bond acceptors (Lipinski definition) is 2. The van der Waals surface area contributed by atoms with Crippen LogP contribution in [0.25, 0.3) is 0 Å². The number of rotatable bonds is 6. The molecule has 118 valence electrons. The molecular formula is C18H29FN2. The summed E-state index contributed by atoms with van der Waals surface area (Å²) in [6, 6.07) is 5.55. The van der Waals surface area contributed by atoms with Crippen molar-refractivity contribution in [1.29, 1.82) is 0 Å². The van der Waals surface area contributed by atoms with Gasteiger partial charge in [-0.1, -0.05) is 32.8 Å². The molecule has 1 aromatic carbocycles. The highest BCUT2D eigenvalue weighted by Gasteiger charge is 2.23. The van der Waals surface area contributed by atoms with Gasteiger partial charge in [0.25, 0.3) is 0 Å². The molecule has 0 aliphatic carbocycles. The zero-order valence-corrected chi connectivity index (χ0v) is 13.7. The molecule has 1 saturated heterocycles. The molecule has 1 aliphatic heterocycles. The highest BCUT2D eigenvalue weighted by molar-refractivity contribution is 5.55. The van der Waals surface area contributed by atoms with E-state index >= 15 is 0 Å². The monoisotopic (exact) mass is 292 g/mol. The Balaban J connectivity index is 2.15. The number of nitrogens with one attached hydrogen (secondary N) is 1. The van der Waals surface area contributed by atoms with E-state index in [1.54, 1.807) is 6.07 Å². The van der Waals surface area contributed by atoms with Crippen molar-refractivity contribution in [2.75, 3.05) is 24.5 Å². The summed E-state index contributed by atoms with van der Waals surface area (Å²) < 4.78 is 14.3. The standard InChI is InChI=1S/C18H29FN2/c1-4-7-15-10-12-21(13-11-15)17-9-6-8-16(19)18(17)14(3)20-5-2/h6,8-9,14-15,20H,4-5,7,10-13H2,1-3H3. The van der Waals surface area contributed by atoms with Crippen LogP contribution in [-0.2, 0) is 0 Å². The molecule has 0 radical (unpaired) electrons. The van der Waals surface area contributed by atoms with Crippen LogP contribution in [0.5, 0.6) is 0 Å². The van der Waals surface area contributed by atoms with E-state index in [1.807, 2.05) is 6.07 Å². The predicted octanol–water partition coefficient (Wildman–Crippen LogP) is 4.51. The molecule has 1 aromatic rings. The smallest absolute Gasteiger partial charge is 0.130 e.